The summed E-state index contributed by atoms with van der Waals surface area (Å²) in [5, 5.41) is 6.05. The molecule has 182 valence electrons. The largest absolute Gasteiger partial charge is 0.444 e. The maximum Gasteiger partial charge on any atom is 0.407 e. The Morgan fingerprint density at radius 3 is 2.92 bits per heavy atom. The Kier molecular flexibility index (Phi) is 5.56. The van der Waals surface area contributed by atoms with Gasteiger partial charge in [0.25, 0.3) is 0 Å². The van der Waals surface area contributed by atoms with Gasteiger partial charge in [0.05, 0.1) is 28.4 Å². The summed E-state index contributed by atoms with van der Waals surface area (Å²) >= 11 is 6.49. The molecule has 1 saturated carbocycles. The Labute approximate surface area is 210 Å². The van der Waals surface area contributed by atoms with Crippen LogP contribution >= 0.6 is 11.6 Å². The van der Waals surface area contributed by atoms with E-state index in [9.17, 15) is 14.0 Å². The van der Waals surface area contributed by atoms with Crippen LogP contribution in [0.1, 0.15) is 18.4 Å². The fourth-order valence-corrected chi connectivity index (χ4v) is 5.17. The Balaban J connectivity index is 1.24. The number of anilines is 1. The van der Waals surface area contributed by atoms with E-state index in [4.69, 9.17) is 16.3 Å². The first kappa shape index (κ1) is 22.5. The molecular formula is C26H21ClFN5O3. The van der Waals surface area contributed by atoms with Crippen molar-refractivity contribution >= 4 is 40.5 Å². The molecule has 2 aliphatic rings. The quantitative estimate of drug-likeness (QED) is 0.407. The van der Waals surface area contributed by atoms with Crippen molar-refractivity contribution in [2.45, 2.75) is 31.5 Å². The zero-order chi connectivity index (χ0) is 24.8. The van der Waals surface area contributed by atoms with E-state index in [1.807, 2.05) is 28.8 Å². The molecule has 2 aromatic carbocycles. The average molecular weight is 506 g/mol. The maximum absolute atomic E-state index is 13.6. The van der Waals surface area contributed by atoms with Crippen LogP contribution in [-0.4, -0.2) is 38.7 Å². The number of rotatable bonds is 5. The van der Waals surface area contributed by atoms with Crippen molar-refractivity contribution in [3.05, 3.63) is 77.5 Å². The molecule has 4 aromatic rings. The van der Waals surface area contributed by atoms with E-state index in [1.165, 1.54) is 18.3 Å². The molecule has 1 saturated heterocycles. The minimum Gasteiger partial charge on any atom is -0.444 e. The van der Waals surface area contributed by atoms with Gasteiger partial charge in [0.1, 0.15) is 17.7 Å². The molecule has 10 heteroatoms. The second-order valence-corrected chi connectivity index (χ2v) is 9.51. The van der Waals surface area contributed by atoms with Crippen LogP contribution in [0.4, 0.5) is 15.0 Å². The molecule has 0 bridgehead atoms. The minimum atomic E-state index is -0.429. The number of pyridine rings is 1. The van der Waals surface area contributed by atoms with E-state index in [-0.39, 0.29) is 29.8 Å². The number of fused-ring (bicyclic) bond motifs is 2. The standard InChI is InChI=1S/C26H21ClFN5O3/c27-19-11-29-24(32-25(34)16-7-21-23(9-16)36-26(35)31-21)10-18(19)15-4-5-20-22(8-15)33(13-30-20)12-14-2-1-3-17(28)6-14/h1-6,8,10-11,13,16,21,23H,7,9,12H2,(H,31,35)(H,29,32,34). The van der Waals surface area contributed by atoms with Gasteiger partial charge in [-0.2, -0.15) is 0 Å². The SMILES string of the molecule is O=C1NC2CC(C(=O)Nc3cc(-c4ccc5ncn(Cc6cccc(F)c6)c5c4)c(Cl)cn3)CC2O1. The molecule has 1 aliphatic carbocycles. The summed E-state index contributed by atoms with van der Waals surface area (Å²) < 4.78 is 20.8. The maximum atomic E-state index is 13.6. The first-order valence-corrected chi connectivity index (χ1v) is 11.9. The van der Waals surface area contributed by atoms with Gasteiger partial charge in [0, 0.05) is 24.2 Å². The van der Waals surface area contributed by atoms with Gasteiger partial charge in [-0.3, -0.25) is 4.79 Å². The molecule has 6 rings (SSSR count). The monoisotopic (exact) mass is 505 g/mol. The van der Waals surface area contributed by atoms with Crippen LogP contribution in [0.3, 0.4) is 0 Å². The van der Waals surface area contributed by atoms with Gasteiger partial charge in [0.15, 0.2) is 0 Å². The highest BCUT2D eigenvalue weighted by atomic mass is 35.5. The van der Waals surface area contributed by atoms with Crippen LogP contribution in [0.15, 0.2) is 61.1 Å². The number of hydrogen-bond donors (Lipinski definition) is 2. The average Bonchev–Trinajstić information content (AvgIpc) is 3.53. The molecule has 8 nitrogen and oxygen atoms in total. The number of amides is 2. The van der Waals surface area contributed by atoms with E-state index >= 15 is 0 Å². The Morgan fingerprint density at radius 1 is 1.19 bits per heavy atom. The molecule has 2 amide bonds. The van der Waals surface area contributed by atoms with Crippen molar-refractivity contribution in [2.75, 3.05) is 5.32 Å². The van der Waals surface area contributed by atoms with Gasteiger partial charge >= 0.3 is 6.09 Å². The summed E-state index contributed by atoms with van der Waals surface area (Å²) in [5.74, 6) is -0.356. The van der Waals surface area contributed by atoms with Crippen molar-refractivity contribution in [3.8, 4) is 11.1 Å². The molecule has 0 spiro atoms. The smallest absolute Gasteiger partial charge is 0.407 e. The summed E-state index contributed by atoms with van der Waals surface area (Å²) in [6.07, 6.45) is 3.53. The Bertz CT molecular complexity index is 1490. The van der Waals surface area contributed by atoms with Crippen molar-refractivity contribution in [1.82, 2.24) is 19.9 Å². The van der Waals surface area contributed by atoms with Gasteiger partial charge in [-0.25, -0.2) is 19.2 Å². The Morgan fingerprint density at radius 2 is 2.08 bits per heavy atom. The van der Waals surface area contributed by atoms with E-state index < -0.39 is 6.09 Å². The molecule has 2 N–H and O–H groups in total. The molecule has 2 aromatic heterocycles. The molecular weight excluding hydrogens is 485 g/mol. The van der Waals surface area contributed by atoms with E-state index in [2.05, 4.69) is 20.6 Å². The lowest BCUT2D eigenvalue weighted by atomic mass is 10.1. The highest BCUT2D eigenvalue weighted by molar-refractivity contribution is 6.33. The summed E-state index contributed by atoms with van der Waals surface area (Å²) in [6.45, 7) is 0.469. The number of ether oxygens (including phenoxy) is 1. The number of imidazole rings is 1. The minimum absolute atomic E-state index is 0.133. The normalized spacial score (nSPS) is 20.7. The van der Waals surface area contributed by atoms with E-state index in [0.29, 0.717) is 35.8 Å². The molecule has 2 fully saturated rings. The number of benzene rings is 2. The zero-order valence-corrected chi connectivity index (χ0v) is 19.7. The molecule has 1 aliphatic heterocycles. The van der Waals surface area contributed by atoms with Gasteiger partial charge in [0.2, 0.25) is 5.91 Å². The highest BCUT2D eigenvalue weighted by Gasteiger charge is 2.45. The van der Waals surface area contributed by atoms with Gasteiger partial charge in [-0.1, -0.05) is 29.8 Å². The molecule has 3 atom stereocenters. The number of alkyl carbamates (subject to hydrolysis) is 1. The summed E-state index contributed by atoms with van der Waals surface area (Å²) in [5.41, 5.74) is 4.04. The van der Waals surface area contributed by atoms with Crippen molar-refractivity contribution in [3.63, 3.8) is 0 Å². The number of nitrogens with zero attached hydrogens (tertiary/aromatic N) is 3. The van der Waals surface area contributed by atoms with Crippen LogP contribution < -0.4 is 10.6 Å². The lowest BCUT2D eigenvalue weighted by Gasteiger charge is -2.13. The van der Waals surface area contributed by atoms with Crippen LogP contribution in [0.5, 0.6) is 0 Å². The number of nitrogens with one attached hydrogen (secondary N) is 2. The fraction of sp³-hybridized carbons (Fsp3) is 0.231. The first-order chi connectivity index (χ1) is 17.4. The highest BCUT2D eigenvalue weighted by Crippen LogP contribution is 2.34. The zero-order valence-electron chi connectivity index (χ0n) is 18.9. The van der Waals surface area contributed by atoms with Crippen LogP contribution in [-0.2, 0) is 16.1 Å². The predicted molar refractivity (Wildman–Crippen MR) is 132 cm³/mol. The molecule has 3 unspecified atom stereocenters. The molecule has 36 heavy (non-hydrogen) atoms. The fourth-order valence-electron chi connectivity index (χ4n) is 4.96. The number of carbonyl (C=O) groups is 2. The summed E-state index contributed by atoms with van der Waals surface area (Å²) in [4.78, 5) is 32.9. The summed E-state index contributed by atoms with van der Waals surface area (Å²) in [7, 11) is 0. The number of hydrogen-bond acceptors (Lipinski definition) is 5. The molecule has 0 radical (unpaired) electrons. The second-order valence-electron chi connectivity index (χ2n) is 9.11. The van der Waals surface area contributed by atoms with Crippen molar-refractivity contribution in [2.24, 2.45) is 5.92 Å². The van der Waals surface area contributed by atoms with Gasteiger partial charge in [-0.15, -0.1) is 0 Å². The number of halogens is 2. The van der Waals surface area contributed by atoms with Crippen molar-refractivity contribution < 1.29 is 18.7 Å². The lowest BCUT2D eigenvalue weighted by Crippen LogP contribution is -2.28. The predicted octanol–water partition coefficient (Wildman–Crippen LogP) is 4.76. The number of aromatic nitrogens is 3. The third kappa shape index (κ3) is 4.26. The third-order valence-corrected chi connectivity index (χ3v) is 7.02. The first-order valence-electron chi connectivity index (χ1n) is 11.6. The van der Waals surface area contributed by atoms with Crippen LogP contribution in [0.2, 0.25) is 5.02 Å². The summed E-state index contributed by atoms with van der Waals surface area (Å²) in [6, 6.07) is 13.8. The van der Waals surface area contributed by atoms with Crippen LogP contribution in [0.25, 0.3) is 22.2 Å². The third-order valence-electron chi connectivity index (χ3n) is 6.72. The van der Waals surface area contributed by atoms with E-state index in [0.717, 1.165) is 22.2 Å². The lowest BCUT2D eigenvalue weighted by molar-refractivity contribution is -0.120. The number of carbonyl (C=O) groups excluding carboxylic acids is 2. The van der Waals surface area contributed by atoms with Gasteiger partial charge in [-0.05, 0) is 54.3 Å². The topological polar surface area (TPSA) is 98.1 Å². The Hall–Kier alpha value is -3.98. The second kappa shape index (κ2) is 8.91. The van der Waals surface area contributed by atoms with E-state index in [1.54, 1.807) is 18.5 Å². The van der Waals surface area contributed by atoms with Crippen molar-refractivity contribution in [1.29, 1.82) is 0 Å². The van der Waals surface area contributed by atoms with Gasteiger partial charge < -0.3 is 19.9 Å². The molecule has 3 heterocycles. The van der Waals surface area contributed by atoms with Crippen LogP contribution in [0, 0.1) is 11.7 Å².